The van der Waals surface area contributed by atoms with Crippen LogP contribution >= 0.6 is 15.9 Å². The number of Topliss-reactive ketones (excluding diaryl/α,β-unsaturated/α-hetero) is 1. The number of nitrogens with one attached hydrogen (secondary N) is 1. The molecule has 1 aromatic rings. The molecule has 0 aliphatic rings. The molecule has 0 spiro atoms. The molecule has 16 heavy (non-hydrogen) atoms. The summed E-state index contributed by atoms with van der Waals surface area (Å²) in [4.78, 5) is 10.7. The summed E-state index contributed by atoms with van der Waals surface area (Å²) in [5.74, 6) is 1.04. The summed E-state index contributed by atoms with van der Waals surface area (Å²) in [5, 5.41) is 3.22. The molecule has 0 atom stereocenters. The molecule has 0 saturated carbocycles. The molecule has 3 nitrogen and oxygen atoms in total. The molecule has 4 heteroatoms. The van der Waals surface area contributed by atoms with Crippen molar-refractivity contribution in [1.82, 2.24) is 5.32 Å². The van der Waals surface area contributed by atoms with E-state index in [2.05, 4.69) is 21.2 Å². The highest BCUT2D eigenvalue weighted by Crippen LogP contribution is 2.25. The van der Waals surface area contributed by atoms with Gasteiger partial charge in [0, 0.05) is 19.5 Å². The zero-order chi connectivity index (χ0) is 12.0. The van der Waals surface area contributed by atoms with Gasteiger partial charge in [-0.05, 0) is 40.5 Å². The van der Waals surface area contributed by atoms with Crippen LogP contribution in [0.5, 0.6) is 5.75 Å². The molecule has 0 aromatic heterocycles. The third kappa shape index (κ3) is 4.33. The highest BCUT2D eigenvalue weighted by molar-refractivity contribution is 9.10. The van der Waals surface area contributed by atoms with Crippen LogP contribution in [0.25, 0.3) is 0 Å². The summed E-state index contributed by atoms with van der Waals surface area (Å²) >= 11 is 3.43. The Kier molecular flexibility index (Phi) is 5.49. The van der Waals surface area contributed by atoms with E-state index in [0.29, 0.717) is 6.42 Å². The molecule has 0 saturated heterocycles. The Hall–Kier alpha value is -0.870. The number of halogens is 1. The predicted molar refractivity (Wildman–Crippen MR) is 67.7 cm³/mol. The first-order valence-corrected chi connectivity index (χ1v) is 5.95. The number of hydrogen-bond donors (Lipinski definition) is 1. The molecule has 0 aliphatic carbocycles. The molecule has 1 N–H and O–H groups in total. The van der Waals surface area contributed by atoms with Crippen LogP contribution in [-0.4, -0.2) is 19.4 Å². The predicted octanol–water partition coefficient (Wildman–Crippen LogP) is 2.53. The van der Waals surface area contributed by atoms with Crippen LogP contribution in [0.2, 0.25) is 0 Å². The fourth-order valence-electron chi connectivity index (χ4n) is 1.32. The first-order valence-electron chi connectivity index (χ1n) is 5.16. The molecular weight excluding hydrogens is 270 g/mol. The standard InChI is InChI=1S/C12H16BrNO2/c1-9(15)5-6-14-8-10-3-4-12(16-2)11(13)7-10/h3-4,7,14H,5-6,8H2,1-2H3. The number of ether oxygens (including phenoxy) is 1. The van der Waals surface area contributed by atoms with E-state index in [4.69, 9.17) is 4.74 Å². The van der Waals surface area contributed by atoms with Crippen molar-refractivity contribution in [3.8, 4) is 5.75 Å². The lowest BCUT2D eigenvalue weighted by atomic mass is 10.2. The molecular formula is C12H16BrNO2. The number of carbonyl (C=O) groups is 1. The number of carbonyl (C=O) groups excluding carboxylic acids is 1. The number of benzene rings is 1. The summed E-state index contributed by atoms with van der Waals surface area (Å²) in [6.45, 7) is 3.08. The summed E-state index contributed by atoms with van der Waals surface area (Å²) in [7, 11) is 1.64. The molecule has 0 amide bonds. The Morgan fingerprint density at radius 1 is 1.50 bits per heavy atom. The Morgan fingerprint density at radius 2 is 2.25 bits per heavy atom. The van der Waals surface area contributed by atoms with Gasteiger partial charge < -0.3 is 10.1 Å². The number of ketones is 1. The van der Waals surface area contributed by atoms with Crippen LogP contribution in [-0.2, 0) is 11.3 Å². The largest absolute Gasteiger partial charge is 0.496 e. The zero-order valence-corrected chi connectivity index (χ0v) is 11.1. The third-order valence-electron chi connectivity index (χ3n) is 2.20. The fraction of sp³-hybridized carbons (Fsp3) is 0.417. The Labute approximate surface area is 104 Å². The van der Waals surface area contributed by atoms with Gasteiger partial charge >= 0.3 is 0 Å². The maximum absolute atomic E-state index is 10.7. The van der Waals surface area contributed by atoms with Crippen molar-refractivity contribution >= 4 is 21.7 Å². The summed E-state index contributed by atoms with van der Waals surface area (Å²) in [6.07, 6.45) is 0.581. The maximum Gasteiger partial charge on any atom is 0.133 e. The first-order chi connectivity index (χ1) is 7.63. The van der Waals surface area contributed by atoms with E-state index in [1.54, 1.807) is 14.0 Å². The van der Waals surface area contributed by atoms with Crippen LogP contribution in [0.1, 0.15) is 18.9 Å². The van der Waals surface area contributed by atoms with Crippen molar-refractivity contribution in [2.24, 2.45) is 0 Å². The monoisotopic (exact) mass is 285 g/mol. The number of hydrogen-bond acceptors (Lipinski definition) is 3. The van der Waals surface area contributed by atoms with E-state index in [9.17, 15) is 4.79 Å². The SMILES string of the molecule is COc1ccc(CNCCC(C)=O)cc1Br. The van der Waals surface area contributed by atoms with E-state index in [1.807, 2.05) is 18.2 Å². The van der Waals surface area contributed by atoms with E-state index < -0.39 is 0 Å². The van der Waals surface area contributed by atoms with Crippen LogP contribution in [0.4, 0.5) is 0 Å². The normalized spacial score (nSPS) is 10.2. The van der Waals surface area contributed by atoms with Crippen molar-refractivity contribution in [1.29, 1.82) is 0 Å². The maximum atomic E-state index is 10.7. The summed E-state index contributed by atoms with van der Waals surface area (Å²) in [6, 6.07) is 5.94. The molecule has 0 aliphatic heterocycles. The second kappa shape index (κ2) is 6.66. The highest BCUT2D eigenvalue weighted by atomic mass is 79.9. The minimum absolute atomic E-state index is 0.211. The van der Waals surface area contributed by atoms with Gasteiger partial charge in [0.05, 0.1) is 11.6 Å². The Balaban J connectivity index is 2.43. The van der Waals surface area contributed by atoms with E-state index in [0.717, 1.165) is 28.9 Å². The fourth-order valence-corrected chi connectivity index (χ4v) is 1.91. The molecule has 1 aromatic carbocycles. The van der Waals surface area contributed by atoms with Crippen LogP contribution < -0.4 is 10.1 Å². The van der Waals surface area contributed by atoms with Crippen molar-refractivity contribution in [3.05, 3.63) is 28.2 Å². The summed E-state index contributed by atoms with van der Waals surface area (Å²) < 4.78 is 6.09. The topological polar surface area (TPSA) is 38.3 Å². The van der Waals surface area contributed by atoms with Gasteiger partial charge in [-0.3, -0.25) is 4.79 Å². The van der Waals surface area contributed by atoms with Crippen LogP contribution in [0, 0.1) is 0 Å². The number of methoxy groups -OCH3 is 1. The molecule has 0 fully saturated rings. The second-order valence-corrected chi connectivity index (χ2v) is 4.45. The quantitative estimate of drug-likeness (QED) is 0.817. The average Bonchev–Trinajstić information content (AvgIpc) is 2.24. The van der Waals surface area contributed by atoms with E-state index in [-0.39, 0.29) is 5.78 Å². The molecule has 0 heterocycles. The lowest BCUT2D eigenvalue weighted by molar-refractivity contribution is -0.116. The van der Waals surface area contributed by atoms with Gasteiger partial charge in [0.1, 0.15) is 11.5 Å². The molecule has 88 valence electrons. The van der Waals surface area contributed by atoms with Crippen molar-refractivity contribution in [2.45, 2.75) is 19.9 Å². The van der Waals surface area contributed by atoms with Gasteiger partial charge in [0.15, 0.2) is 0 Å². The smallest absolute Gasteiger partial charge is 0.133 e. The first kappa shape index (κ1) is 13.2. The molecule has 1 rings (SSSR count). The average molecular weight is 286 g/mol. The van der Waals surface area contributed by atoms with Gasteiger partial charge in [-0.2, -0.15) is 0 Å². The van der Waals surface area contributed by atoms with Gasteiger partial charge in [-0.1, -0.05) is 6.07 Å². The van der Waals surface area contributed by atoms with Gasteiger partial charge in [-0.15, -0.1) is 0 Å². The van der Waals surface area contributed by atoms with Gasteiger partial charge in [0.25, 0.3) is 0 Å². The Morgan fingerprint density at radius 3 is 2.81 bits per heavy atom. The summed E-state index contributed by atoms with van der Waals surface area (Å²) in [5.41, 5.74) is 1.16. The van der Waals surface area contributed by atoms with E-state index >= 15 is 0 Å². The zero-order valence-electron chi connectivity index (χ0n) is 9.55. The lowest BCUT2D eigenvalue weighted by Crippen LogP contribution is -2.16. The van der Waals surface area contributed by atoms with Crippen molar-refractivity contribution in [2.75, 3.05) is 13.7 Å². The highest BCUT2D eigenvalue weighted by Gasteiger charge is 2.01. The van der Waals surface area contributed by atoms with E-state index in [1.165, 1.54) is 0 Å². The third-order valence-corrected chi connectivity index (χ3v) is 2.82. The minimum atomic E-state index is 0.211. The van der Waals surface area contributed by atoms with Crippen molar-refractivity contribution < 1.29 is 9.53 Å². The molecule has 0 bridgehead atoms. The lowest BCUT2D eigenvalue weighted by Gasteiger charge is -2.07. The van der Waals surface area contributed by atoms with Gasteiger partial charge in [-0.25, -0.2) is 0 Å². The Bertz CT molecular complexity index is 366. The minimum Gasteiger partial charge on any atom is -0.496 e. The molecule has 0 radical (unpaired) electrons. The van der Waals surface area contributed by atoms with Crippen LogP contribution in [0.3, 0.4) is 0 Å². The molecule has 0 unspecified atom stereocenters. The van der Waals surface area contributed by atoms with Crippen molar-refractivity contribution in [3.63, 3.8) is 0 Å². The second-order valence-electron chi connectivity index (χ2n) is 3.60. The number of rotatable bonds is 6. The van der Waals surface area contributed by atoms with Gasteiger partial charge in [0.2, 0.25) is 0 Å². The van der Waals surface area contributed by atoms with Crippen LogP contribution in [0.15, 0.2) is 22.7 Å².